The Bertz CT molecular complexity index is 998. The molecule has 2 aliphatic rings. The van der Waals surface area contributed by atoms with E-state index in [1.54, 1.807) is 13.0 Å². The van der Waals surface area contributed by atoms with Crippen LogP contribution in [0.2, 0.25) is 0 Å². The van der Waals surface area contributed by atoms with E-state index in [-0.39, 0.29) is 12.5 Å². The molecule has 2 aromatic rings. The van der Waals surface area contributed by atoms with Crippen molar-refractivity contribution in [2.75, 3.05) is 6.61 Å². The number of para-hydroxylation sites is 1. The molecule has 0 aromatic heterocycles. The Kier molecular flexibility index (Phi) is 4.74. The Morgan fingerprint density at radius 3 is 2.64 bits per heavy atom. The summed E-state index contributed by atoms with van der Waals surface area (Å²) in [6.07, 6.45) is 1.74. The van der Waals surface area contributed by atoms with Gasteiger partial charge in [-0.25, -0.2) is 9.59 Å². The van der Waals surface area contributed by atoms with Crippen LogP contribution in [0.3, 0.4) is 0 Å². The standard InChI is InChI=1S/C23H20O5/c1-3-26-20(24)13-16-12-18-17-6-4-5-7-19(17)28-23(25)21(18)22(27-16)15-10-8-14(2)9-11-15/h4-11,13,18H,3,12H2,1-2H3/b16-13+. The van der Waals surface area contributed by atoms with Crippen LogP contribution in [0, 0.1) is 6.92 Å². The lowest BCUT2D eigenvalue weighted by atomic mass is 9.82. The molecule has 28 heavy (non-hydrogen) atoms. The fourth-order valence-electron chi connectivity index (χ4n) is 3.53. The number of ether oxygens (including phenoxy) is 3. The molecule has 5 heteroatoms. The summed E-state index contributed by atoms with van der Waals surface area (Å²) < 4.78 is 16.6. The zero-order chi connectivity index (χ0) is 19.7. The number of carbonyl (C=O) groups is 2. The predicted octanol–water partition coefficient (Wildman–Crippen LogP) is 4.28. The Morgan fingerprint density at radius 1 is 1.14 bits per heavy atom. The maximum absolute atomic E-state index is 12.8. The van der Waals surface area contributed by atoms with E-state index in [9.17, 15) is 9.59 Å². The largest absolute Gasteiger partial charge is 0.463 e. The van der Waals surface area contributed by atoms with E-state index in [1.807, 2.05) is 49.4 Å². The van der Waals surface area contributed by atoms with Gasteiger partial charge in [-0.3, -0.25) is 0 Å². The van der Waals surface area contributed by atoms with Crippen molar-refractivity contribution in [2.24, 2.45) is 0 Å². The number of fused-ring (bicyclic) bond motifs is 3. The van der Waals surface area contributed by atoms with Gasteiger partial charge < -0.3 is 14.2 Å². The van der Waals surface area contributed by atoms with Gasteiger partial charge in [-0.2, -0.15) is 0 Å². The maximum atomic E-state index is 12.8. The zero-order valence-corrected chi connectivity index (χ0v) is 15.7. The minimum absolute atomic E-state index is 0.247. The van der Waals surface area contributed by atoms with Gasteiger partial charge in [0.1, 0.15) is 17.3 Å². The highest BCUT2D eigenvalue weighted by atomic mass is 16.5. The molecule has 0 saturated heterocycles. The smallest absolute Gasteiger partial charge is 0.343 e. The van der Waals surface area contributed by atoms with Gasteiger partial charge in [-0.15, -0.1) is 0 Å². The molecule has 0 spiro atoms. The number of carbonyl (C=O) groups excluding carboxylic acids is 2. The van der Waals surface area contributed by atoms with Crippen molar-refractivity contribution in [1.29, 1.82) is 0 Å². The van der Waals surface area contributed by atoms with Crippen LogP contribution in [0.1, 0.15) is 36.0 Å². The number of hydrogen-bond acceptors (Lipinski definition) is 5. The fraction of sp³-hybridized carbons (Fsp3) is 0.217. The second-order valence-corrected chi connectivity index (χ2v) is 6.76. The van der Waals surface area contributed by atoms with Gasteiger partial charge >= 0.3 is 11.9 Å². The number of benzene rings is 2. The molecule has 2 aliphatic heterocycles. The molecule has 0 bridgehead atoms. The van der Waals surface area contributed by atoms with Gasteiger partial charge in [-0.05, 0) is 19.9 Å². The van der Waals surface area contributed by atoms with Gasteiger partial charge in [0.05, 0.1) is 18.3 Å². The van der Waals surface area contributed by atoms with Crippen LogP contribution in [0.4, 0.5) is 0 Å². The Labute approximate surface area is 163 Å². The van der Waals surface area contributed by atoms with Crippen LogP contribution in [0.15, 0.2) is 65.9 Å². The van der Waals surface area contributed by atoms with Gasteiger partial charge in [0.2, 0.25) is 0 Å². The molecule has 0 radical (unpaired) electrons. The van der Waals surface area contributed by atoms with Crippen LogP contribution >= 0.6 is 0 Å². The summed E-state index contributed by atoms with van der Waals surface area (Å²) in [6, 6.07) is 15.2. The third-order valence-corrected chi connectivity index (χ3v) is 4.83. The van der Waals surface area contributed by atoms with Crippen molar-refractivity contribution in [3.63, 3.8) is 0 Å². The molecule has 0 N–H and O–H groups in total. The summed E-state index contributed by atoms with van der Waals surface area (Å²) in [7, 11) is 0. The predicted molar refractivity (Wildman–Crippen MR) is 103 cm³/mol. The minimum atomic E-state index is -0.462. The van der Waals surface area contributed by atoms with Crippen molar-refractivity contribution in [3.8, 4) is 5.75 Å². The Morgan fingerprint density at radius 2 is 1.89 bits per heavy atom. The molecule has 5 nitrogen and oxygen atoms in total. The first-order valence-electron chi connectivity index (χ1n) is 9.24. The van der Waals surface area contributed by atoms with Crippen molar-refractivity contribution in [2.45, 2.75) is 26.2 Å². The Hall–Kier alpha value is -3.34. The molecule has 1 atom stereocenters. The molecule has 0 saturated carbocycles. The van der Waals surface area contributed by atoms with E-state index in [4.69, 9.17) is 14.2 Å². The zero-order valence-electron chi connectivity index (χ0n) is 15.7. The number of rotatable bonds is 3. The molecule has 1 unspecified atom stereocenters. The lowest BCUT2D eigenvalue weighted by Gasteiger charge is -2.33. The van der Waals surface area contributed by atoms with Gasteiger partial charge in [0.15, 0.2) is 0 Å². The van der Waals surface area contributed by atoms with Crippen molar-refractivity contribution >= 4 is 17.7 Å². The van der Waals surface area contributed by atoms with E-state index in [2.05, 4.69) is 0 Å². The number of esters is 2. The van der Waals surface area contributed by atoms with Crippen molar-refractivity contribution in [1.82, 2.24) is 0 Å². The highest BCUT2D eigenvalue weighted by Crippen LogP contribution is 2.48. The highest BCUT2D eigenvalue weighted by molar-refractivity contribution is 6.01. The van der Waals surface area contributed by atoms with Crippen LogP contribution in [0.5, 0.6) is 5.75 Å². The second-order valence-electron chi connectivity index (χ2n) is 6.76. The quantitative estimate of drug-likeness (QED) is 0.455. The summed E-state index contributed by atoms with van der Waals surface area (Å²) >= 11 is 0. The third kappa shape index (κ3) is 3.31. The van der Waals surface area contributed by atoms with Gasteiger partial charge in [0.25, 0.3) is 0 Å². The van der Waals surface area contributed by atoms with E-state index in [0.717, 1.165) is 16.7 Å². The van der Waals surface area contributed by atoms with E-state index < -0.39 is 11.9 Å². The summed E-state index contributed by atoms with van der Waals surface area (Å²) in [5.41, 5.74) is 3.24. The third-order valence-electron chi connectivity index (χ3n) is 4.83. The maximum Gasteiger partial charge on any atom is 0.343 e. The topological polar surface area (TPSA) is 61.8 Å². The normalized spacial score (nSPS) is 19.4. The molecule has 0 amide bonds. The average molecular weight is 376 g/mol. The average Bonchev–Trinajstić information content (AvgIpc) is 2.68. The first-order chi connectivity index (χ1) is 13.6. The molecule has 2 aromatic carbocycles. The fourth-order valence-corrected chi connectivity index (χ4v) is 3.53. The highest BCUT2D eigenvalue weighted by Gasteiger charge is 2.40. The van der Waals surface area contributed by atoms with Gasteiger partial charge in [0, 0.05) is 23.5 Å². The van der Waals surface area contributed by atoms with E-state index in [1.165, 1.54) is 6.08 Å². The lowest BCUT2D eigenvalue weighted by molar-refractivity contribution is -0.137. The summed E-state index contributed by atoms with van der Waals surface area (Å²) in [5, 5.41) is 0. The van der Waals surface area contributed by atoms with Crippen LogP contribution in [0.25, 0.3) is 5.76 Å². The summed E-state index contributed by atoms with van der Waals surface area (Å²) in [5.74, 6) is 0.300. The van der Waals surface area contributed by atoms with Gasteiger partial charge in [-0.1, -0.05) is 48.0 Å². The lowest BCUT2D eigenvalue weighted by Crippen LogP contribution is -2.28. The summed E-state index contributed by atoms with van der Waals surface area (Å²) in [6.45, 7) is 4.03. The second kappa shape index (κ2) is 7.35. The first kappa shape index (κ1) is 18.0. The van der Waals surface area contributed by atoms with E-state index in [0.29, 0.717) is 29.3 Å². The molecular weight excluding hydrogens is 356 g/mol. The van der Waals surface area contributed by atoms with Crippen molar-refractivity contribution < 1.29 is 23.8 Å². The number of hydrogen-bond donors (Lipinski definition) is 0. The molecule has 0 fully saturated rings. The molecule has 0 aliphatic carbocycles. The molecule has 142 valence electrons. The minimum Gasteiger partial charge on any atom is -0.463 e. The van der Waals surface area contributed by atoms with Crippen LogP contribution < -0.4 is 4.74 Å². The number of allylic oxidation sites excluding steroid dienone is 1. The van der Waals surface area contributed by atoms with Crippen molar-refractivity contribution in [3.05, 3.63) is 82.6 Å². The molecule has 4 rings (SSSR count). The monoisotopic (exact) mass is 376 g/mol. The molecular formula is C23H20O5. The molecule has 2 heterocycles. The Balaban J connectivity index is 1.86. The first-order valence-corrected chi connectivity index (χ1v) is 9.24. The SMILES string of the molecule is CCOC(=O)/C=C1\CC2C(=C(c3ccc(C)cc3)O1)C(=O)Oc1ccccc12. The van der Waals surface area contributed by atoms with Crippen LogP contribution in [-0.2, 0) is 19.1 Å². The van der Waals surface area contributed by atoms with E-state index >= 15 is 0 Å². The summed E-state index contributed by atoms with van der Waals surface area (Å²) in [4.78, 5) is 24.8. The number of aryl methyl sites for hydroxylation is 1. The van der Waals surface area contributed by atoms with Crippen LogP contribution in [-0.4, -0.2) is 18.5 Å².